The van der Waals surface area contributed by atoms with E-state index in [9.17, 15) is 4.79 Å². The van der Waals surface area contributed by atoms with Crippen LogP contribution in [-0.4, -0.2) is 48.4 Å². The second kappa shape index (κ2) is 5.36. The van der Waals surface area contributed by atoms with E-state index in [1.165, 1.54) is 0 Å². The Labute approximate surface area is 102 Å². The average Bonchev–Trinajstić information content (AvgIpc) is 2.87. The largest absolute Gasteiger partial charge is 0.456 e. The summed E-state index contributed by atoms with van der Waals surface area (Å²) in [6.45, 7) is 8.75. The van der Waals surface area contributed by atoms with Crippen LogP contribution in [0.4, 0.5) is 0 Å². The number of carbonyl (C=O) groups is 1. The molecule has 4 nitrogen and oxygen atoms in total. The summed E-state index contributed by atoms with van der Waals surface area (Å²) in [6.07, 6.45) is 0.830. The standard InChI is InChI=1S/C13H20N2O2/c1-3-11-5-6-12(17-11)13(16)15-9-7-14(4-2)8-10-15/h5-6H,3-4,7-10H2,1-2H3. The van der Waals surface area contributed by atoms with Crippen LogP contribution in [0.2, 0.25) is 0 Å². The number of amides is 1. The van der Waals surface area contributed by atoms with E-state index in [4.69, 9.17) is 4.42 Å². The molecule has 0 N–H and O–H groups in total. The summed E-state index contributed by atoms with van der Waals surface area (Å²) >= 11 is 0. The highest BCUT2D eigenvalue weighted by atomic mass is 16.4. The Morgan fingerprint density at radius 2 is 1.94 bits per heavy atom. The molecule has 2 heterocycles. The molecule has 4 heteroatoms. The first kappa shape index (κ1) is 12.2. The van der Waals surface area contributed by atoms with Gasteiger partial charge in [0.2, 0.25) is 0 Å². The van der Waals surface area contributed by atoms with Crippen LogP contribution in [0.25, 0.3) is 0 Å². The smallest absolute Gasteiger partial charge is 0.289 e. The lowest BCUT2D eigenvalue weighted by Crippen LogP contribution is -2.48. The molecule has 1 aliphatic heterocycles. The Morgan fingerprint density at radius 1 is 1.24 bits per heavy atom. The van der Waals surface area contributed by atoms with Gasteiger partial charge in [0.1, 0.15) is 5.76 Å². The van der Waals surface area contributed by atoms with Crippen LogP contribution in [0.15, 0.2) is 16.5 Å². The Balaban J connectivity index is 1.96. The van der Waals surface area contributed by atoms with Gasteiger partial charge in [0.05, 0.1) is 0 Å². The predicted molar refractivity (Wildman–Crippen MR) is 66.1 cm³/mol. The van der Waals surface area contributed by atoms with Gasteiger partial charge in [-0.25, -0.2) is 0 Å². The lowest BCUT2D eigenvalue weighted by atomic mass is 10.3. The molecule has 0 radical (unpaired) electrons. The Kier molecular flexibility index (Phi) is 3.84. The van der Waals surface area contributed by atoms with Crippen molar-refractivity contribution in [2.75, 3.05) is 32.7 Å². The van der Waals surface area contributed by atoms with Crippen molar-refractivity contribution in [3.63, 3.8) is 0 Å². The van der Waals surface area contributed by atoms with Gasteiger partial charge in [0.15, 0.2) is 5.76 Å². The van der Waals surface area contributed by atoms with Crippen LogP contribution in [-0.2, 0) is 6.42 Å². The van der Waals surface area contributed by atoms with Crippen molar-refractivity contribution in [2.45, 2.75) is 20.3 Å². The van der Waals surface area contributed by atoms with E-state index in [0.717, 1.165) is 44.9 Å². The number of furan rings is 1. The molecule has 1 fully saturated rings. The quantitative estimate of drug-likeness (QED) is 0.800. The molecule has 0 spiro atoms. The number of aryl methyl sites for hydroxylation is 1. The number of likely N-dealkylation sites (N-methyl/N-ethyl adjacent to an activating group) is 1. The molecule has 1 aromatic rings. The van der Waals surface area contributed by atoms with Gasteiger partial charge in [-0.15, -0.1) is 0 Å². The number of nitrogens with zero attached hydrogens (tertiary/aromatic N) is 2. The molecular formula is C13H20N2O2. The molecule has 17 heavy (non-hydrogen) atoms. The average molecular weight is 236 g/mol. The first-order chi connectivity index (χ1) is 8.24. The minimum absolute atomic E-state index is 0.0282. The summed E-state index contributed by atoms with van der Waals surface area (Å²) in [6, 6.07) is 3.67. The zero-order valence-electron chi connectivity index (χ0n) is 10.6. The number of rotatable bonds is 3. The summed E-state index contributed by atoms with van der Waals surface area (Å²) in [5.74, 6) is 1.38. The lowest BCUT2D eigenvalue weighted by molar-refractivity contribution is 0.0610. The van der Waals surface area contributed by atoms with Crippen LogP contribution < -0.4 is 0 Å². The molecule has 1 aromatic heterocycles. The topological polar surface area (TPSA) is 36.7 Å². The van der Waals surface area contributed by atoms with Crippen molar-refractivity contribution >= 4 is 5.91 Å². The fraction of sp³-hybridized carbons (Fsp3) is 0.615. The van der Waals surface area contributed by atoms with Gasteiger partial charge < -0.3 is 14.2 Å². The van der Waals surface area contributed by atoms with E-state index >= 15 is 0 Å². The molecule has 94 valence electrons. The van der Waals surface area contributed by atoms with Crippen molar-refractivity contribution in [1.29, 1.82) is 0 Å². The lowest BCUT2D eigenvalue weighted by Gasteiger charge is -2.33. The third kappa shape index (κ3) is 2.69. The molecule has 2 rings (SSSR count). The highest BCUT2D eigenvalue weighted by Gasteiger charge is 2.23. The molecule has 0 saturated carbocycles. The highest BCUT2D eigenvalue weighted by Crippen LogP contribution is 2.12. The molecule has 1 amide bonds. The molecular weight excluding hydrogens is 216 g/mol. The van der Waals surface area contributed by atoms with E-state index in [0.29, 0.717) is 5.76 Å². The van der Waals surface area contributed by atoms with Gasteiger partial charge in [-0.1, -0.05) is 13.8 Å². The molecule has 0 aliphatic carbocycles. The van der Waals surface area contributed by atoms with Gasteiger partial charge in [-0.3, -0.25) is 4.79 Å². The van der Waals surface area contributed by atoms with E-state index < -0.39 is 0 Å². The fourth-order valence-corrected chi connectivity index (χ4v) is 2.11. The van der Waals surface area contributed by atoms with Crippen LogP contribution >= 0.6 is 0 Å². The van der Waals surface area contributed by atoms with Crippen LogP contribution in [0.5, 0.6) is 0 Å². The minimum atomic E-state index is 0.0282. The van der Waals surface area contributed by atoms with E-state index in [1.54, 1.807) is 6.07 Å². The third-order valence-corrected chi connectivity index (χ3v) is 3.33. The second-order valence-corrected chi connectivity index (χ2v) is 4.35. The van der Waals surface area contributed by atoms with E-state index in [2.05, 4.69) is 11.8 Å². The Bertz CT molecular complexity index is 379. The Morgan fingerprint density at radius 3 is 2.47 bits per heavy atom. The predicted octanol–water partition coefficient (Wildman–Crippen LogP) is 1.62. The summed E-state index contributed by atoms with van der Waals surface area (Å²) in [4.78, 5) is 16.4. The molecule has 0 aromatic carbocycles. The Hall–Kier alpha value is -1.29. The van der Waals surface area contributed by atoms with Crippen LogP contribution in [0.1, 0.15) is 30.2 Å². The highest BCUT2D eigenvalue weighted by molar-refractivity contribution is 5.91. The normalized spacial score (nSPS) is 17.4. The van der Waals surface area contributed by atoms with Crippen molar-refractivity contribution < 1.29 is 9.21 Å². The van der Waals surface area contributed by atoms with Crippen LogP contribution in [0, 0.1) is 0 Å². The number of carbonyl (C=O) groups excluding carboxylic acids is 1. The maximum atomic E-state index is 12.1. The molecule has 1 aliphatic rings. The van der Waals surface area contributed by atoms with E-state index in [1.807, 2.05) is 17.9 Å². The third-order valence-electron chi connectivity index (χ3n) is 3.33. The van der Waals surface area contributed by atoms with Gasteiger partial charge in [-0.05, 0) is 18.7 Å². The number of hydrogen-bond donors (Lipinski definition) is 0. The minimum Gasteiger partial charge on any atom is -0.456 e. The summed E-state index contributed by atoms with van der Waals surface area (Å²) in [7, 11) is 0. The van der Waals surface area contributed by atoms with Crippen LogP contribution in [0.3, 0.4) is 0 Å². The van der Waals surface area contributed by atoms with Gasteiger partial charge >= 0.3 is 0 Å². The van der Waals surface area contributed by atoms with E-state index in [-0.39, 0.29) is 5.91 Å². The fourth-order valence-electron chi connectivity index (χ4n) is 2.11. The monoisotopic (exact) mass is 236 g/mol. The SMILES string of the molecule is CCc1ccc(C(=O)N2CCN(CC)CC2)o1. The first-order valence-corrected chi connectivity index (χ1v) is 6.35. The van der Waals surface area contributed by atoms with Gasteiger partial charge in [0, 0.05) is 32.6 Å². The summed E-state index contributed by atoms with van der Waals surface area (Å²) < 4.78 is 5.50. The number of piperazine rings is 1. The van der Waals surface area contributed by atoms with Crippen molar-refractivity contribution in [3.05, 3.63) is 23.7 Å². The van der Waals surface area contributed by atoms with Crippen molar-refractivity contribution in [2.24, 2.45) is 0 Å². The molecule has 0 atom stereocenters. The first-order valence-electron chi connectivity index (χ1n) is 6.35. The zero-order valence-corrected chi connectivity index (χ0v) is 10.6. The number of hydrogen-bond acceptors (Lipinski definition) is 3. The maximum absolute atomic E-state index is 12.1. The summed E-state index contributed by atoms with van der Waals surface area (Å²) in [5, 5.41) is 0. The van der Waals surface area contributed by atoms with Gasteiger partial charge in [-0.2, -0.15) is 0 Å². The zero-order chi connectivity index (χ0) is 12.3. The van der Waals surface area contributed by atoms with Gasteiger partial charge in [0.25, 0.3) is 5.91 Å². The molecule has 1 saturated heterocycles. The summed E-state index contributed by atoms with van der Waals surface area (Å²) in [5.41, 5.74) is 0. The van der Waals surface area contributed by atoms with Crippen molar-refractivity contribution in [3.8, 4) is 0 Å². The van der Waals surface area contributed by atoms with Crippen molar-refractivity contribution in [1.82, 2.24) is 9.80 Å². The second-order valence-electron chi connectivity index (χ2n) is 4.35. The molecule has 0 bridgehead atoms. The molecule has 0 unspecified atom stereocenters. The maximum Gasteiger partial charge on any atom is 0.289 e.